The fourth-order valence-corrected chi connectivity index (χ4v) is 4.60. The lowest BCUT2D eigenvalue weighted by molar-refractivity contribution is -0.119. The Labute approximate surface area is 210 Å². The molecule has 0 aromatic heterocycles. The molecule has 0 bridgehead atoms. The third kappa shape index (κ3) is 4.78. The van der Waals surface area contributed by atoms with E-state index in [9.17, 15) is 14.4 Å². The van der Waals surface area contributed by atoms with Crippen molar-refractivity contribution in [2.24, 2.45) is 5.73 Å². The lowest BCUT2D eigenvalue weighted by Crippen LogP contribution is -2.39. The maximum absolute atomic E-state index is 13.4. The monoisotopic (exact) mass is 480 g/mol. The van der Waals surface area contributed by atoms with Crippen molar-refractivity contribution in [3.8, 4) is 0 Å². The van der Waals surface area contributed by atoms with E-state index in [0.717, 1.165) is 22.4 Å². The Hall–Kier alpha value is -4.23. The number of carbonyl (C=O) groups excluding carboxylic acids is 3. The van der Waals surface area contributed by atoms with Crippen LogP contribution in [0.25, 0.3) is 0 Å². The second kappa shape index (κ2) is 10.2. The topological polar surface area (TPSA) is 87.0 Å². The molecule has 7 heteroatoms. The minimum Gasteiger partial charge on any atom is -0.331 e. The molecule has 5 rings (SSSR count). The van der Waals surface area contributed by atoms with Crippen LogP contribution >= 0.6 is 0 Å². The smallest absolute Gasteiger partial charge is 0.254 e. The number of anilines is 1. The molecule has 0 fully saturated rings. The minimum atomic E-state index is -0.192. The first-order valence-corrected chi connectivity index (χ1v) is 12.0. The summed E-state index contributed by atoms with van der Waals surface area (Å²) in [5.41, 5.74) is 10.4. The molecule has 0 aliphatic carbocycles. The van der Waals surface area contributed by atoms with Crippen molar-refractivity contribution in [3.05, 3.63) is 113 Å². The average Bonchev–Trinajstić information content (AvgIpc) is 3.42. The highest BCUT2D eigenvalue weighted by atomic mass is 16.2. The molecule has 2 aliphatic rings. The number of rotatable bonds is 5. The van der Waals surface area contributed by atoms with Gasteiger partial charge in [0, 0.05) is 43.0 Å². The van der Waals surface area contributed by atoms with Crippen molar-refractivity contribution < 1.29 is 14.4 Å². The summed E-state index contributed by atoms with van der Waals surface area (Å²) in [6.45, 7) is 2.34. The molecule has 2 aliphatic heterocycles. The van der Waals surface area contributed by atoms with Crippen LogP contribution in [0.5, 0.6) is 0 Å². The Balaban J connectivity index is 1.36. The molecular weight excluding hydrogens is 452 g/mol. The molecular formula is C29H28N4O3. The summed E-state index contributed by atoms with van der Waals surface area (Å²) >= 11 is 0. The van der Waals surface area contributed by atoms with Gasteiger partial charge in [-0.2, -0.15) is 0 Å². The van der Waals surface area contributed by atoms with E-state index in [1.54, 1.807) is 26.8 Å². The van der Waals surface area contributed by atoms with Crippen LogP contribution in [0.1, 0.15) is 37.4 Å². The zero-order valence-corrected chi connectivity index (χ0v) is 20.0. The van der Waals surface area contributed by atoms with E-state index in [1.165, 1.54) is 0 Å². The summed E-state index contributed by atoms with van der Waals surface area (Å²) in [7, 11) is 0. The van der Waals surface area contributed by atoms with Crippen LogP contribution in [0, 0.1) is 0 Å². The van der Waals surface area contributed by atoms with Crippen LogP contribution in [0.2, 0.25) is 0 Å². The SMILES string of the molecule is NCc1ccc(C(=O)N2CC(=O)N(Cc3ccc(C(=O)N4CC=CC4)cc3)c3ccccc3C2)cc1. The number of carbonyl (C=O) groups is 3. The summed E-state index contributed by atoms with van der Waals surface area (Å²) in [4.78, 5) is 44.4. The van der Waals surface area contributed by atoms with Gasteiger partial charge < -0.3 is 20.4 Å². The zero-order chi connectivity index (χ0) is 25.1. The van der Waals surface area contributed by atoms with Crippen molar-refractivity contribution in [1.82, 2.24) is 9.80 Å². The summed E-state index contributed by atoms with van der Waals surface area (Å²) in [5, 5.41) is 0. The Morgan fingerprint density at radius 1 is 0.722 bits per heavy atom. The Morgan fingerprint density at radius 2 is 1.31 bits per heavy atom. The van der Waals surface area contributed by atoms with Gasteiger partial charge in [0.15, 0.2) is 0 Å². The predicted molar refractivity (Wildman–Crippen MR) is 138 cm³/mol. The van der Waals surface area contributed by atoms with Crippen molar-refractivity contribution >= 4 is 23.4 Å². The maximum atomic E-state index is 13.4. The molecule has 0 saturated carbocycles. The lowest BCUT2D eigenvalue weighted by Gasteiger charge is -2.23. The van der Waals surface area contributed by atoms with Gasteiger partial charge in [-0.15, -0.1) is 0 Å². The molecule has 0 unspecified atom stereocenters. The molecule has 3 aromatic rings. The fraction of sp³-hybridized carbons (Fsp3) is 0.207. The molecule has 3 aromatic carbocycles. The van der Waals surface area contributed by atoms with Gasteiger partial charge in [0.1, 0.15) is 6.54 Å². The van der Waals surface area contributed by atoms with Crippen molar-refractivity contribution in [3.63, 3.8) is 0 Å². The van der Waals surface area contributed by atoms with Gasteiger partial charge in [-0.25, -0.2) is 0 Å². The summed E-state index contributed by atoms with van der Waals surface area (Å²) < 4.78 is 0. The predicted octanol–water partition coefficient (Wildman–Crippen LogP) is 3.35. The number of hydrogen-bond acceptors (Lipinski definition) is 4. The zero-order valence-electron chi connectivity index (χ0n) is 20.0. The number of nitrogens with zero attached hydrogens (tertiary/aromatic N) is 3. The summed E-state index contributed by atoms with van der Waals surface area (Å²) in [5.74, 6) is -0.352. The Kier molecular flexibility index (Phi) is 6.64. The van der Waals surface area contributed by atoms with Crippen LogP contribution in [-0.2, 0) is 24.4 Å². The van der Waals surface area contributed by atoms with Crippen LogP contribution in [-0.4, -0.2) is 47.2 Å². The molecule has 182 valence electrons. The van der Waals surface area contributed by atoms with Crippen LogP contribution in [0.3, 0.4) is 0 Å². The summed E-state index contributed by atoms with van der Waals surface area (Å²) in [6.07, 6.45) is 3.97. The van der Waals surface area contributed by atoms with Crippen LogP contribution < -0.4 is 10.6 Å². The molecule has 0 radical (unpaired) electrons. The highest BCUT2D eigenvalue weighted by Crippen LogP contribution is 2.28. The highest BCUT2D eigenvalue weighted by Gasteiger charge is 2.29. The highest BCUT2D eigenvalue weighted by molar-refractivity contribution is 6.02. The second-order valence-corrected chi connectivity index (χ2v) is 9.05. The molecule has 3 amide bonds. The quantitative estimate of drug-likeness (QED) is 0.568. The molecule has 2 heterocycles. The lowest BCUT2D eigenvalue weighted by atomic mass is 10.1. The first-order valence-electron chi connectivity index (χ1n) is 12.0. The van der Waals surface area contributed by atoms with Gasteiger partial charge in [-0.05, 0) is 47.0 Å². The van der Waals surface area contributed by atoms with Gasteiger partial charge in [0.2, 0.25) is 5.91 Å². The van der Waals surface area contributed by atoms with Gasteiger partial charge in [-0.1, -0.05) is 54.6 Å². The largest absolute Gasteiger partial charge is 0.331 e. The molecule has 2 N–H and O–H groups in total. The normalized spacial score (nSPS) is 15.1. The number of nitrogens with two attached hydrogens (primary N) is 1. The number of hydrogen-bond donors (Lipinski definition) is 1. The van der Waals surface area contributed by atoms with E-state index in [1.807, 2.05) is 72.8 Å². The number of fused-ring (bicyclic) bond motifs is 1. The average molecular weight is 481 g/mol. The van der Waals surface area contributed by atoms with Crippen LogP contribution in [0.15, 0.2) is 84.9 Å². The summed E-state index contributed by atoms with van der Waals surface area (Å²) in [6, 6.07) is 22.3. The van der Waals surface area contributed by atoms with Gasteiger partial charge in [-0.3, -0.25) is 14.4 Å². The van der Waals surface area contributed by atoms with E-state index in [0.29, 0.717) is 43.9 Å². The number of para-hydroxylation sites is 1. The van der Waals surface area contributed by atoms with Crippen molar-refractivity contribution in [2.75, 3.05) is 24.5 Å². The van der Waals surface area contributed by atoms with E-state index >= 15 is 0 Å². The number of benzene rings is 3. The third-order valence-corrected chi connectivity index (χ3v) is 6.64. The Bertz CT molecular complexity index is 1310. The van der Waals surface area contributed by atoms with E-state index < -0.39 is 0 Å². The molecule has 0 saturated heterocycles. The number of amides is 3. The van der Waals surface area contributed by atoms with Crippen molar-refractivity contribution in [1.29, 1.82) is 0 Å². The van der Waals surface area contributed by atoms with Crippen LogP contribution in [0.4, 0.5) is 5.69 Å². The molecule has 0 spiro atoms. The standard InChI is InChI=1S/C29H28N4O3/c30-17-21-7-11-24(12-8-21)29(36)32-19-25-5-1-2-6-26(25)33(27(34)20-32)18-22-9-13-23(14-10-22)28(35)31-15-3-4-16-31/h1-14H,15-20,30H2. The third-order valence-electron chi connectivity index (χ3n) is 6.64. The first-order chi connectivity index (χ1) is 17.5. The fourth-order valence-electron chi connectivity index (χ4n) is 4.60. The van der Waals surface area contributed by atoms with E-state index in [2.05, 4.69) is 0 Å². The molecule has 7 nitrogen and oxygen atoms in total. The Morgan fingerprint density at radius 3 is 1.94 bits per heavy atom. The van der Waals surface area contributed by atoms with Crippen molar-refractivity contribution in [2.45, 2.75) is 19.6 Å². The van der Waals surface area contributed by atoms with Gasteiger partial charge in [0.05, 0.1) is 6.54 Å². The van der Waals surface area contributed by atoms with Gasteiger partial charge >= 0.3 is 0 Å². The van der Waals surface area contributed by atoms with Gasteiger partial charge in [0.25, 0.3) is 11.8 Å². The molecule has 0 atom stereocenters. The minimum absolute atomic E-state index is 0.00334. The second-order valence-electron chi connectivity index (χ2n) is 9.05. The molecule has 36 heavy (non-hydrogen) atoms. The van der Waals surface area contributed by atoms with E-state index in [4.69, 9.17) is 5.73 Å². The first kappa shape index (κ1) is 23.5. The van der Waals surface area contributed by atoms with E-state index in [-0.39, 0.29) is 24.3 Å². The maximum Gasteiger partial charge on any atom is 0.254 e.